The van der Waals surface area contributed by atoms with E-state index in [9.17, 15) is 4.79 Å². The van der Waals surface area contributed by atoms with Gasteiger partial charge in [0.1, 0.15) is 5.75 Å². The molecule has 1 aromatic heterocycles. The molecule has 2 aliphatic rings. The van der Waals surface area contributed by atoms with Crippen molar-refractivity contribution in [2.45, 2.75) is 25.4 Å². The van der Waals surface area contributed by atoms with Gasteiger partial charge in [-0.05, 0) is 49.6 Å². The number of nitrogens with one attached hydrogen (secondary N) is 1. The van der Waals surface area contributed by atoms with Crippen molar-refractivity contribution in [2.75, 3.05) is 12.1 Å². The van der Waals surface area contributed by atoms with Crippen LogP contribution < -0.4 is 19.5 Å². The fourth-order valence-electron chi connectivity index (χ4n) is 3.11. The van der Waals surface area contributed by atoms with Crippen LogP contribution in [0.25, 0.3) is 11.3 Å². The van der Waals surface area contributed by atoms with Gasteiger partial charge >= 0.3 is 0 Å². The molecule has 3 aromatic rings. The zero-order chi connectivity index (χ0) is 18.9. The minimum Gasteiger partial charge on any atom is -0.490 e. The molecule has 1 saturated carbocycles. The zero-order valence-electron chi connectivity index (χ0n) is 15.0. The van der Waals surface area contributed by atoms with Crippen LogP contribution in [-0.4, -0.2) is 23.8 Å². The first kappa shape index (κ1) is 17.1. The fourth-order valence-corrected chi connectivity index (χ4v) is 3.82. The quantitative estimate of drug-likeness (QED) is 0.678. The Labute approximate surface area is 166 Å². The summed E-state index contributed by atoms with van der Waals surface area (Å²) in [5.74, 6) is 1.84. The molecule has 28 heavy (non-hydrogen) atoms. The Kier molecular flexibility index (Phi) is 4.37. The van der Waals surface area contributed by atoms with Gasteiger partial charge < -0.3 is 14.2 Å². The summed E-state index contributed by atoms with van der Waals surface area (Å²) in [6, 6.07) is 13.0. The second-order valence-electron chi connectivity index (χ2n) is 6.73. The molecule has 0 spiro atoms. The van der Waals surface area contributed by atoms with Gasteiger partial charge in [0.05, 0.1) is 17.4 Å². The second-order valence-corrected chi connectivity index (χ2v) is 7.59. The molecule has 2 aromatic carbocycles. The first-order valence-corrected chi connectivity index (χ1v) is 10.1. The third-order valence-electron chi connectivity index (χ3n) is 4.87. The Morgan fingerprint density at radius 1 is 1.14 bits per heavy atom. The molecule has 0 atom stereocenters. The number of amides is 1. The van der Waals surface area contributed by atoms with Crippen LogP contribution in [0.2, 0.25) is 0 Å². The summed E-state index contributed by atoms with van der Waals surface area (Å²) in [6.45, 7) is 0.236. The number of para-hydroxylation sites is 1. The van der Waals surface area contributed by atoms with Gasteiger partial charge in [0.25, 0.3) is 5.91 Å². The largest absolute Gasteiger partial charge is 0.490 e. The molecule has 0 saturated heterocycles. The van der Waals surface area contributed by atoms with Crippen molar-refractivity contribution in [1.82, 2.24) is 4.98 Å². The van der Waals surface area contributed by atoms with Crippen molar-refractivity contribution < 1.29 is 19.0 Å². The van der Waals surface area contributed by atoms with E-state index in [-0.39, 0.29) is 18.8 Å². The lowest BCUT2D eigenvalue weighted by atomic mass is 9.96. The maximum absolute atomic E-state index is 12.8. The van der Waals surface area contributed by atoms with Gasteiger partial charge in [-0.2, -0.15) is 0 Å². The molecule has 0 bridgehead atoms. The molecule has 1 amide bonds. The number of hydrogen-bond donors (Lipinski definition) is 1. The van der Waals surface area contributed by atoms with Gasteiger partial charge in [0.15, 0.2) is 16.6 Å². The molecule has 1 N–H and O–H groups in total. The number of fused-ring (bicyclic) bond motifs is 1. The summed E-state index contributed by atoms with van der Waals surface area (Å²) in [5.41, 5.74) is 2.21. The summed E-state index contributed by atoms with van der Waals surface area (Å²) in [7, 11) is 0. The minimum atomic E-state index is -0.221. The Morgan fingerprint density at radius 2 is 2.00 bits per heavy atom. The normalized spacial score (nSPS) is 15.1. The highest BCUT2D eigenvalue weighted by Gasteiger charge is 2.22. The predicted molar refractivity (Wildman–Crippen MR) is 106 cm³/mol. The molecule has 7 heteroatoms. The van der Waals surface area contributed by atoms with Gasteiger partial charge in [0.2, 0.25) is 6.79 Å². The number of thiazole rings is 1. The molecule has 2 heterocycles. The summed E-state index contributed by atoms with van der Waals surface area (Å²) in [4.78, 5) is 17.3. The van der Waals surface area contributed by atoms with Crippen LogP contribution in [0.15, 0.2) is 47.8 Å². The van der Waals surface area contributed by atoms with Gasteiger partial charge in [-0.3, -0.25) is 10.1 Å². The average Bonchev–Trinajstić information content (AvgIpc) is 3.33. The maximum Gasteiger partial charge on any atom is 0.261 e. The summed E-state index contributed by atoms with van der Waals surface area (Å²) >= 11 is 1.38. The first-order valence-electron chi connectivity index (χ1n) is 9.19. The van der Waals surface area contributed by atoms with Crippen LogP contribution in [0.5, 0.6) is 17.2 Å². The van der Waals surface area contributed by atoms with Gasteiger partial charge in [0, 0.05) is 10.9 Å². The van der Waals surface area contributed by atoms with E-state index in [1.165, 1.54) is 17.8 Å². The standard InChI is InChI=1S/C21H18N2O4S/c24-20(15-6-1-2-7-17(15)27-14-4-3-5-14)23-21-22-16(11-28-21)13-8-9-18-19(10-13)26-12-25-18/h1-2,6-11,14H,3-5,12H2,(H,22,23,24). The third-order valence-corrected chi connectivity index (χ3v) is 5.63. The molecule has 1 aliphatic carbocycles. The fraction of sp³-hybridized carbons (Fsp3) is 0.238. The van der Waals surface area contributed by atoms with Crippen molar-refractivity contribution in [3.05, 3.63) is 53.4 Å². The minimum absolute atomic E-state index is 0.214. The SMILES string of the molecule is O=C(Nc1nc(-c2ccc3c(c2)OCO3)cs1)c1ccccc1OC1CCC1. The van der Waals surface area contributed by atoms with Crippen molar-refractivity contribution in [1.29, 1.82) is 0 Å². The Hall–Kier alpha value is -3.06. The van der Waals surface area contributed by atoms with E-state index in [2.05, 4.69) is 10.3 Å². The maximum atomic E-state index is 12.8. The van der Waals surface area contributed by atoms with Crippen molar-refractivity contribution in [3.63, 3.8) is 0 Å². The Balaban J connectivity index is 1.33. The number of nitrogens with zero attached hydrogens (tertiary/aromatic N) is 1. The van der Waals surface area contributed by atoms with Crippen molar-refractivity contribution in [3.8, 4) is 28.5 Å². The molecule has 1 aliphatic heterocycles. The molecule has 0 radical (unpaired) electrons. The van der Waals surface area contributed by atoms with E-state index in [0.717, 1.165) is 29.8 Å². The monoisotopic (exact) mass is 394 g/mol. The van der Waals surface area contributed by atoms with Crippen LogP contribution in [0, 0.1) is 0 Å². The smallest absolute Gasteiger partial charge is 0.261 e. The molecule has 0 unspecified atom stereocenters. The van der Waals surface area contributed by atoms with Crippen molar-refractivity contribution in [2.24, 2.45) is 0 Å². The zero-order valence-corrected chi connectivity index (χ0v) is 15.8. The molecular weight excluding hydrogens is 376 g/mol. The number of rotatable bonds is 5. The highest BCUT2D eigenvalue weighted by molar-refractivity contribution is 7.14. The number of carbonyl (C=O) groups is 1. The number of aromatic nitrogens is 1. The number of benzene rings is 2. The predicted octanol–water partition coefficient (Wildman–Crippen LogP) is 4.72. The van der Waals surface area contributed by atoms with Crippen LogP contribution >= 0.6 is 11.3 Å². The summed E-state index contributed by atoms with van der Waals surface area (Å²) in [5, 5.41) is 5.33. The van der Waals surface area contributed by atoms with E-state index in [0.29, 0.717) is 22.2 Å². The van der Waals surface area contributed by atoms with Crippen LogP contribution in [0.3, 0.4) is 0 Å². The lowest BCUT2D eigenvalue weighted by Gasteiger charge is -2.27. The summed E-state index contributed by atoms with van der Waals surface area (Å²) in [6.07, 6.45) is 3.48. The second kappa shape index (κ2) is 7.16. The lowest BCUT2D eigenvalue weighted by molar-refractivity contribution is 0.0992. The van der Waals surface area contributed by atoms with Crippen LogP contribution in [-0.2, 0) is 0 Å². The molecule has 142 valence electrons. The van der Waals surface area contributed by atoms with Gasteiger partial charge in [-0.15, -0.1) is 11.3 Å². The topological polar surface area (TPSA) is 69.7 Å². The first-order chi connectivity index (χ1) is 13.8. The van der Waals surface area contributed by atoms with Crippen LogP contribution in [0.1, 0.15) is 29.6 Å². The van der Waals surface area contributed by atoms with Gasteiger partial charge in [-0.1, -0.05) is 12.1 Å². The number of ether oxygens (including phenoxy) is 3. The Morgan fingerprint density at radius 3 is 2.86 bits per heavy atom. The summed E-state index contributed by atoms with van der Waals surface area (Å²) < 4.78 is 16.7. The molecule has 5 rings (SSSR count). The number of anilines is 1. The molecule has 6 nitrogen and oxygen atoms in total. The van der Waals surface area contributed by atoms with E-state index in [1.54, 1.807) is 6.07 Å². The average molecular weight is 394 g/mol. The molecular formula is C21H18N2O4S. The van der Waals surface area contributed by atoms with E-state index in [1.807, 2.05) is 41.8 Å². The number of hydrogen-bond acceptors (Lipinski definition) is 6. The highest BCUT2D eigenvalue weighted by Crippen LogP contribution is 2.36. The van der Waals surface area contributed by atoms with Gasteiger partial charge in [-0.25, -0.2) is 4.98 Å². The Bertz CT molecular complexity index is 1030. The van der Waals surface area contributed by atoms with Crippen LogP contribution in [0.4, 0.5) is 5.13 Å². The lowest BCUT2D eigenvalue weighted by Crippen LogP contribution is -2.26. The van der Waals surface area contributed by atoms with E-state index < -0.39 is 0 Å². The van der Waals surface area contributed by atoms with E-state index >= 15 is 0 Å². The van der Waals surface area contributed by atoms with E-state index in [4.69, 9.17) is 14.2 Å². The third kappa shape index (κ3) is 3.29. The van der Waals surface area contributed by atoms with Crippen molar-refractivity contribution >= 4 is 22.4 Å². The molecule has 1 fully saturated rings. The number of carbonyl (C=O) groups excluding carboxylic acids is 1. The highest BCUT2D eigenvalue weighted by atomic mass is 32.1.